The molecule has 20 heavy (non-hydrogen) atoms. The highest BCUT2D eigenvalue weighted by Gasteiger charge is 2.17. The molecule has 3 aromatic rings. The summed E-state index contributed by atoms with van der Waals surface area (Å²) in [5.74, 6) is 0.395. The predicted molar refractivity (Wildman–Crippen MR) is 72.9 cm³/mol. The maximum atomic E-state index is 11.9. The van der Waals surface area contributed by atoms with Crippen LogP contribution in [0.2, 0.25) is 0 Å². The van der Waals surface area contributed by atoms with Crippen molar-refractivity contribution in [2.24, 2.45) is 0 Å². The molecule has 7 heteroatoms. The van der Waals surface area contributed by atoms with Gasteiger partial charge in [0.2, 0.25) is 11.8 Å². The molecule has 1 amide bonds. The number of aromatic amines is 1. The van der Waals surface area contributed by atoms with Gasteiger partial charge in [0.05, 0.1) is 6.04 Å². The quantitative estimate of drug-likeness (QED) is 0.670. The van der Waals surface area contributed by atoms with Crippen LogP contribution in [0.15, 0.2) is 34.7 Å². The molecule has 1 unspecified atom stereocenters. The van der Waals surface area contributed by atoms with Crippen LogP contribution in [0.3, 0.4) is 0 Å². The summed E-state index contributed by atoms with van der Waals surface area (Å²) in [5, 5.41) is 9.83. The molecule has 0 aliphatic rings. The van der Waals surface area contributed by atoms with Crippen LogP contribution in [-0.4, -0.2) is 21.1 Å². The molecule has 2 heterocycles. The number of para-hydroxylation sites is 1. The number of carbonyl (C=O) groups is 1. The van der Waals surface area contributed by atoms with Crippen molar-refractivity contribution in [1.82, 2.24) is 20.5 Å². The number of nitrogens with zero attached hydrogens (tertiary/aromatic N) is 2. The monoisotopic (exact) mass is 271 g/mol. The van der Waals surface area contributed by atoms with E-state index in [4.69, 9.17) is 10.2 Å². The van der Waals surface area contributed by atoms with Gasteiger partial charge in [-0.2, -0.15) is 4.98 Å². The van der Waals surface area contributed by atoms with Gasteiger partial charge in [-0.3, -0.25) is 9.89 Å². The van der Waals surface area contributed by atoms with E-state index >= 15 is 0 Å². The summed E-state index contributed by atoms with van der Waals surface area (Å²) in [6.07, 6.45) is 0. The maximum absolute atomic E-state index is 11.9. The van der Waals surface area contributed by atoms with Crippen LogP contribution in [0.25, 0.3) is 11.0 Å². The smallest absolute Gasteiger partial charge is 0.289 e. The van der Waals surface area contributed by atoms with Crippen LogP contribution in [0.1, 0.15) is 29.3 Å². The van der Waals surface area contributed by atoms with Gasteiger partial charge in [0.1, 0.15) is 11.3 Å². The van der Waals surface area contributed by atoms with Crippen molar-refractivity contribution in [3.8, 4) is 0 Å². The number of hydrogen-bond donors (Lipinski definition) is 3. The number of hydrogen-bond acceptors (Lipinski definition) is 5. The first-order valence-electron chi connectivity index (χ1n) is 6.10. The second-order valence-corrected chi connectivity index (χ2v) is 4.42. The van der Waals surface area contributed by atoms with E-state index in [0.29, 0.717) is 5.76 Å². The van der Waals surface area contributed by atoms with Crippen LogP contribution in [0, 0.1) is 0 Å². The molecule has 0 saturated heterocycles. The molecule has 7 nitrogen and oxygen atoms in total. The molecule has 0 spiro atoms. The number of furan rings is 1. The summed E-state index contributed by atoms with van der Waals surface area (Å²) in [7, 11) is 0. The number of benzene rings is 1. The Morgan fingerprint density at radius 2 is 2.25 bits per heavy atom. The Morgan fingerprint density at radius 1 is 1.45 bits per heavy atom. The van der Waals surface area contributed by atoms with Crippen molar-refractivity contribution in [3.63, 3.8) is 0 Å². The molecule has 0 radical (unpaired) electrons. The molecule has 0 saturated carbocycles. The van der Waals surface area contributed by atoms with Gasteiger partial charge in [0, 0.05) is 5.39 Å². The zero-order chi connectivity index (χ0) is 14.1. The van der Waals surface area contributed by atoms with E-state index < -0.39 is 0 Å². The van der Waals surface area contributed by atoms with E-state index in [1.165, 1.54) is 0 Å². The summed E-state index contributed by atoms with van der Waals surface area (Å²) in [6.45, 7) is 1.83. The number of amides is 1. The molecule has 2 aromatic heterocycles. The highest BCUT2D eigenvalue weighted by atomic mass is 16.3. The Bertz CT molecular complexity index is 728. The Labute approximate surface area is 114 Å². The first kappa shape index (κ1) is 12.2. The first-order chi connectivity index (χ1) is 9.63. The molecule has 1 aromatic carbocycles. The zero-order valence-corrected chi connectivity index (χ0v) is 10.8. The van der Waals surface area contributed by atoms with E-state index in [0.717, 1.165) is 11.0 Å². The number of nitrogens with two attached hydrogens (primary N) is 1. The number of H-pyrrole nitrogens is 1. The first-order valence-corrected chi connectivity index (χ1v) is 6.10. The number of nitrogen functional groups attached to an aromatic ring is 1. The summed E-state index contributed by atoms with van der Waals surface area (Å²) in [4.78, 5) is 15.7. The van der Waals surface area contributed by atoms with Crippen molar-refractivity contribution in [2.45, 2.75) is 13.0 Å². The molecule has 102 valence electrons. The van der Waals surface area contributed by atoms with Crippen molar-refractivity contribution in [1.29, 1.82) is 0 Å². The van der Waals surface area contributed by atoms with Crippen LogP contribution < -0.4 is 11.1 Å². The summed E-state index contributed by atoms with van der Waals surface area (Å²) < 4.78 is 5.69. The molecule has 3 rings (SSSR count). The lowest BCUT2D eigenvalue weighted by Gasteiger charge is -2.09. The SMILES string of the molecule is CC(NC(=O)c1nc(N)n[nH]1)c1cc2ccccc2o1. The van der Waals surface area contributed by atoms with Gasteiger partial charge in [-0.25, -0.2) is 0 Å². The fourth-order valence-corrected chi connectivity index (χ4v) is 1.93. The van der Waals surface area contributed by atoms with Crippen molar-refractivity contribution in [3.05, 3.63) is 41.9 Å². The van der Waals surface area contributed by atoms with E-state index in [1.54, 1.807) is 0 Å². The Hall–Kier alpha value is -2.83. The normalized spacial score (nSPS) is 12.4. The Kier molecular flexibility index (Phi) is 2.86. The van der Waals surface area contributed by atoms with Gasteiger partial charge in [-0.1, -0.05) is 18.2 Å². The highest BCUT2D eigenvalue weighted by molar-refractivity contribution is 5.91. The fraction of sp³-hybridized carbons (Fsp3) is 0.154. The average Bonchev–Trinajstić information content (AvgIpc) is 3.04. The van der Waals surface area contributed by atoms with Crippen molar-refractivity contribution >= 4 is 22.8 Å². The number of rotatable bonds is 3. The van der Waals surface area contributed by atoms with Gasteiger partial charge in [0.15, 0.2) is 0 Å². The van der Waals surface area contributed by atoms with Crippen molar-refractivity contribution in [2.75, 3.05) is 5.73 Å². The van der Waals surface area contributed by atoms with E-state index in [1.807, 2.05) is 37.3 Å². The third kappa shape index (κ3) is 2.20. The number of carbonyl (C=O) groups excluding carboxylic acids is 1. The lowest BCUT2D eigenvalue weighted by molar-refractivity contribution is 0.0925. The molecule has 4 N–H and O–H groups in total. The molecular weight excluding hydrogens is 258 g/mol. The van der Waals surface area contributed by atoms with Gasteiger partial charge < -0.3 is 15.5 Å². The lowest BCUT2D eigenvalue weighted by Crippen LogP contribution is -2.27. The Balaban J connectivity index is 1.78. The number of nitrogens with one attached hydrogen (secondary N) is 2. The second kappa shape index (κ2) is 4.69. The lowest BCUT2D eigenvalue weighted by atomic mass is 10.2. The van der Waals surface area contributed by atoms with Gasteiger partial charge in [0.25, 0.3) is 5.91 Å². The van der Waals surface area contributed by atoms with Crippen LogP contribution in [0.4, 0.5) is 5.95 Å². The number of fused-ring (bicyclic) bond motifs is 1. The topological polar surface area (TPSA) is 110 Å². The standard InChI is InChI=1S/C13H13N5O2/c1-7(15-12(19)11-16-13(14)18-17-11)10-6-8-4-2-3-5-9(8)20-10/h2-7H,1H3,(H,15,19)(H3,14,16,17,18). The van der Waals surface area contributed by atoms with Crippen molar-refractivity contribution < 1.29 is 9.21 Å². The average molecular weight is 271 g/mol. The largest absolute Gasteiger partial charge is 0.459 e. The highest BCUT2D eigenvalue weighted by Crippen LogP contribution is 2.23. The third-order valence-electron chi connectivity index (χ3n) is 2.94. The second-order valence-electron chi connectivity index (χ2n) is 4.42. The van der Waals surface area contributed by atoms with Gasteiger partial charge in [-0.15, -0.1) is 5.10 Å². The third-order valence-corrected chi connectivity index (χ3v) is 2.94. The minimum Gasteiger partial charge on any atom is -0.459 e. The van der Waals surface area contributed by atoms with E-state index in [9.17, 15) is 4.79 Å². The molecular formula is C13H13N5O2. The van der Waals surface area contributed by atoms with Gasteiger partial charge >= 0.3 is 0 Å². The van der Waals surface area contributed by atoms with Crippen LogP contribution in [0.5, 0.6) is 0 Å². The molecule has 0 aliphatic heterocycles. The summed E-state index contributed by atoms with van der Waals surface area (Å²) in [5.41, 5.74) is 6.14. The minimum absolute atomic E-state index is 0.0338. The predicted octanol–water partition coefficient (Wildman–Crippen LogP) is 1.62. The molecule has 0 fully saturated rings. The zero-order valence-electron chi connectivity index (χ0n) is 10.8. The fourth-order valence-electron chi connectivity index (χ4n) is 1.93. The van der Waals surface area contributed by atoms with E-state index in [2.05, 4.69) is 20.5 Å². The molecule has 0 bridgehead atoms. The van der Waals surface area contributed by atoms with Crippen LogP contribution in [-0.2, 0) is 0 Å². The minimum atomic E-state index is -0.387. The molecule has 1 atom stereocenters. The summed E-state index contributed by atoms with van der Waals surface area (Å²) >= 11 is 0. The molecule has 0 aliphatic carbocycles. The van der Waals surface area contributed by atoms with E-state index in [-0.39, 0.29) is 23.7 Å². The van der Waals surface area contributed by atoms with Crippen LogP contribution >= 0.6 is 0 Å². The summed E-state index contributed by atoms with van der Waals surface area (Å²) in [6, 6.07) is 9.27. The number of anilines is 1. The maximum Gasteiger partial charge on any atom is 0.289 e. The van der Waals surface area contributed by atoms with Gasteiger partial charge in [-0.05, 0) is 19.1 Å². The number of aromatic nitrogens is 3. The Morgan fingerprint density at radius 3 is 2.95 bits per heavy atom.